The highest BCUT2D eigenvalue weighted by atomic mass is 35.5. The van der Waals surface area contributed by atoms with E-state index in [1.54, 1.807) is 0 Å². The van der Waals surface area contributed by atoms with Crippen molar-refractivity contribution in [2.24, 2.45) is 0 Å². The van der Waals surface area contributed by atoms with Crippen LogP contribution < -0.4 is 11.0 Å². The van der Waals surface area contributed by atoms with Gasteiger partial charge in [-0.05, 0) is 37.6 Å². The molecule has 0 bridgehead atoms. The number of nitrogens with one attached hydrogen (secondary N) is 2. The van der Waals surface area contributed by atoms with E-state index in [4.69, 9.17) is 11.6 Å². The van der Waals surface area contributed by atoms with Crippen molar-refractivity contribution in [3.05, 3.63) is 33.2 Å². The molecule has 4 nitrogen and oxygen atoms in total. The zero-order chi connectivity index (χ0) is 12.0. The number of benzene rings is 1. The lowest BCUT2D eigenvalue weighted by atomic mass is 10.2. The number of hydrogen-bond donors (Lipinski definition) is 2. The standard InChI is InChI=1S/C12H14ClN3O/c1-7-4-8(13)5-10-11(7)15-12(17)16(10)9-2-3-14-6-9/h4-5,9,14H,2-3,6H2,1H3,(H,15,17). The van der Waals surface area contributed by atoms with Gasteiger partial charge in [-0.1, -0.05) is 11.6 Å². The Hall–Kier alpha value is -1.26. The van der Waals surface area contributed by atoms with Crippen LogP contribution in [0.15, 0.2) is 16.9 Å². The lowest BCUT2D eigenvalue weighted by molar-refractivity contribution is 0.546. The molecule has 0 amide bonds. The van der Waals surface area contributed by atoms with Crippen LogP contribution in [0.1, 0.15) is 18.0 Å². The van der Waals surface area contributed by atoms with E-state index in [0.29, 0.717) is 5.02 Å². The van der Waals surface area contributed by atoms with E-state index in [-0.39, 0.29) is 11.7 Å². The van der Waals surface area contributed by atoms with Crippen LogP contribution in [0.2, 0.25) is 5.02 Å². The van der Waals surface area contributed by atoms with E-state index in [1.807, 2.05) is 23.6 Å². The molecule has 1 atom stereocenters. The van der Waals surface area contributed by atoms with Gasteiger partial charge < -0.3 is 10.3 Å². The maximum absolute atomic E-state index is 12.0. The molecule has 1 aromatic heterocycles. The summed E-state index contributed by atoms with van der Waals surface area (Å²) in [5.41, 5.74) is 2.77. The second-order valence-electron chi connectivity index (χ2n) is 4.56. The molecule has 1 aliphatic heterocycles. The number of fused-ring (bicyclic) bond motifs is 1. The summed E-state index contributed by atoms with van der Waals surface area (Å²) in [6.07, 6.45) is 0.985. The topological polar surface area (TPSA) is 49.8 Å². The summed E-state index contributed by atoms with van der Waals surface area (Å²) in [5.74, 6) is 0. The number of nitrogens with zero attached hydrogens (tertiary/aromatic N) is 1. The summed E-state index contributed by atoms with van der Waals surface area (Å²) in [6, 6.07) is 3.96. The summed E-state index contributed by atoms with van der Waals surface area (Å²) in [4.78, 5) is 14.9. The molecule has 0 radical (unpaired) electrons. The highest BCUT2D eigenvalue weighted by molar-refractivity contribution is 6.31. The molecule has 1 saturated heterocycles. The van der Waals surface area contributed by atoms with Crippen molar-refractivity contribution in [2.45, 2.75) is 19.4 Å². The molecule has 2 aromatic rings. The number of halogens is 1. The number of aromatic nitrogens is 2. The molecule has 1 fully saturated rings. The smallest absolute Gasteiger partial charge is 0.315 e. The third kappa shape index (κ3) is 1.68. The fraction of sp³-hybridized carbons (Fsp3) is 0.417. The Balaban J connectivity index is 2.29. The predicted molar refractivity (Wildman–Crippen MR) is 68.8 cm³/mol. The Morgan fingerprint density at radius 1 is 1.47 bits per heavy atom. The average Bonchev–Trinajstić information content (AvgIpc) is 2.84. The fourth-order valence-electron chi connectivity index (χ4n) is 2.58. The van der Waals surface area contributed by atoms with Crippen molar-refractivity contribution in [1.82, 2.24) is 14.9 Å². The summed E-state index contributed by atoms with van der Waals surface area (Å²) in [6.45, 7) is 3.77. The van der Waals surface area contributed by atoms with Gasteiger partial charge in [0, 0.05) is 11.6 Å². The van der Waals surface area contributed by atoms with Crippen molar-refractivity contribution in [3.63, 3.8) is 0 Å². The van der Waals surface area contributed by atoms with Crippen LogP contribution in [0.3, 0.4) is 0 Å². The van der Waals surface area contributed by atoms with Gasteiger partial charge in [0.2, 0.25) is 0 Å². The van der Waals surface area contributed by atoms with Crippen molar-refractivity contribution in [2.75, 3.05) is 13.1 Å². The molecule has 0 saturated carbocycles. The first kappa shape index (κ1) is 10.9. The summed E-state index contributed by atoms with van der Waals surface area (Å²) < 4.78 is 1.83. The molecule has 5 heteroatoms. The quantitative estimate of drug-likeness (QED) is 0.812. The molecule has 1 unspecified atom stereocenters. The normalized spacial score (nSPS) is 20.2. The second-order valence-corrected chi connectivity index (χ2v) is 5.00. The van der Waals surface area contributed by atoms with E-state index < -0.39 is 0 Å². The van der Waals surface area contributed by atoms with Gasteiger partial charge in [0.25, 0.3) is 0 Å². The number of hydrogen-bond acceptors (Lipinski definition) is 2. The molecular formula is C12H14ClN3O. The number of aromatic amines is 1. The first-order valence-electron chi connectivity index (χ1n) is 5.78. The first-order valence-corrected chi connectivity index (χ1v) is 6.15. The predicted octanol–water partition coefficient (Wildman–Crippen LogP) is 1.83. The molecular weight excluding hydrogens is 238 g/mol. The van der Waals surface area contributed by atoms with Crippen LogP contribution in [0.4, 0.5) is 0 Å². The van der Waals surface area contributed by atoms with Crippen molar-refractivity contribution >= 4 is 22.6 Å². The van der Waals surface area contributed by atoms with E-state index in [9.17, 15) is 4.79 Å². The van der Waals surface area contributed by atoms with Crippen LogP contribution in [-0.4, -0.2) is 22.6 Å². The zero-order valence-electron chi connectivity index (χ0n) is 9.59. The largest absolute Gasteiger partial charge is 0.326 e. The Labute approximate surface area is 104 Å². The van der Waals surface area contributed by atoms with E-state index in [1.165, 1.54) is 0 Å². The highest BCUT2D eigenvalue weighted by Gasteiger charge is 2.21. The van der Waals surface area contributed by atoms with Gasteiger partial charge in [0.05, 0.1) is 17.1 Å². The van der Waals surface area contributed by atoms with Gasteiger partial charge in [-0.3, -0.25) is 4.57 Å². The zero-order valence-corrected chi connectivity index (χ0v) is 10.3. The summed E-state index contributed by atoms with van der Waals surface area (Å²) >= 11 is 6.07. The lowest BCUT2D eigenvalue weighted by Gasteiger charge is -2.10. The lowest BCUT2D eigenvalue weighted by Crippen LogP contribution is -2.23. The van der Waals surface area contributed by atoms with Crippen molar-refractivity contribution in [3.8, 4) is 0 Å². The molecule has 3 rings (SSSR count). The van der Waals surface area contributed by atoms with Crippen molar-refractivity contribution in [1.29, 1.82) is 0 Å². The molecule has 0 aliphatic carbocycles. The molecule has 0 spiro atoms. The fourth-order valence-corrected chi connectivity index (χ4v) is 2.84. The summed E-state index contributed by atoms with van der Waals surface area (Å²) in [7, 11) is 0. The monoisotopic (exact) mass is 251 g/mol. The molecule has 1 aliphatic rings. The Morgan fingerprint density at radius 2 is 2.29 bits per heavy atom. The molecule has 90 valence electrons. The minimum atomic E-state index is -0.0425. The average molecular weight is 252 g/mol. The van der Waals surface area contributed by atoms with Crippen LogP contribution in [0.5, 0.6) is 0 Å². The Kier molecular flexibility index (Phi) is 2.49. The number of imidazole rings is 1. The second kappa shape index (κ2) is 3.89. The first-order chi connectivity index (χ1) is 8.16. The van der Waals surface area contributed by atoms with Gasteiger partial charge in [0.15, 0.2) is 0 Å². The maximum atomic E-state index is 12.0. The molecule has 17 heavy (non-hydrogen) atoms. The minimum Gasteiger partial charge on any atom is -0.315 e. The van der Waals surface area contributed by atoms with Gasteiger partial charge in [-0.15, -0.1) is 0 Å². The highest BCUT2D eigenvalue weighted by Crippen LogP contribution is 2.25. The maximum Gasteiger partial charge on any atom is 0.326 e. The third-order valence-corrected chi connectivity index (χ3v) is 3.61. The van der Waals surface area contributed by atoms with Crippen molar-refractivity contribution < 1.29 is 0 Å². The summed E-state index contributed by atoms with van der Waals surface area (Å²) in [5, 5.41) is 3.95. The third-order valence-electron chi connectivity index (χ3n) is 3.39. The SMILES string of the molecule is Cc1cc(Cl)cc2c1[nH]c(=O)n2C1CCNC1. The molecule has 2 heterocycles. The van der Waals surface area contributed by atoms with Gasteiger partial charge in [-0.25, -0.2) is 4.79 Å². The van der Waals surface area contributed by atoms with Gasteiger partial charge in [-0.2, -0.15) is 0 Å². The number of H-pyrrole nitrogens is 1. The molecule has 2 N–H and O–H groups in total. The van der Waals surface area contributed by atoms with Gasteiger partial charge >= 0.3 is 5.69 Å². The number of aryl methyl sites for hydroxylation is 1. The number of rotatable bonds is 1. The van der Waals surface area contributed by atoms with Crippen LogP contribution in [0, 0.1) is 6.92 Å². The van der Waals surface area contributed by atoms with Crippen LogP contribution in [-0.2, 0) is 0 Å². The Morgan fingerprint density at radius 3 is 3.00 bits per heavy atom. The van der Waals surface area contributed by atoms with Crippen LogP contribution in [0.25, 0.3) is 11.0 Å². The van der Waals surface area contributed by atoms with Crippen LogP contribution >= 0.6 is 11.6 Å². The van der Waals surface area contributed by atoms with Gasteiger partial charge in [0.1, 0.15) is 0 Å². The van der Waals surface area contributed by atoms with E-state index >= 15 is 0 Å². The molecule has 1 aromatic carbocycles. The van der Waals surface area contributed by atoms with E-state index in [0.717, 1.165) is 36.1 Å². The van der Waals surface area contributed by atoms with E-state index in [2.05, 4.69) is 10.3 Å². The minimum absolute atomic E-state index is 0.0425. The Bertz CT molecular complexity index is 622.